The number of hydrogen-bond acceptors (Lipinski definition) is 2. The van der Waals surface area contributed by atoms with Gasteiger partial charge in [-0.25, -0.2) is 8.78 Å². The number of ether oxygens (including phenoxy) is 1. The fourth-order valence-corrected chi connectivity index (χ4v) is 4.49. The van der Waals surface area contributed by atoms with E-state index in [1.54, 1.807) is 12.1 Å². The Kier molecular flexibility index (Phi) is 11.0. The minimum atomic E-state index is -0.573. The molecule has 0 bridgehead atoms. The molecule has 0 aliphatic carbocycles. The molecule has 0 amide bonds. The maximum absolute atomic E-state index is 12.9. The van der Waals surface area contributed by atoms with E-state index in [1.807, 2.05) is 6.92 Å². The van der Waals surface area contributed by atoms with E-state index in [-0.39, 0.29) is 30.8 Å². The minimum absolute atomic E-state index is 0. The Balaban J connectivity index is 0.000000300. The number of aliphatic hydroxyl groups is 1. The van der Waals surface area contributed by atoms with Gasteiger partial charge in [-0.1, -0.05) is 57.0 Å². The lowest BCUT2D eigenvalue weighted by Gasteiger charge is -2.20. The van der Waals surface area contributed by atoms with Crippen LogP contribution in [0.3, 0.4) is 0 Å². The van der Waals surface area contributed by atoms with Gasteiger partial charge < -0.3 is 9.84 Å². The third-order valence-corrected chi connectivity index (χ3v) is 6.32. The Morgan fingerprint density at radius 3 is 2.23 bits per heavy atom. The zero-order valence-corrected chi connectivity index (χ0v) is 20.7. The van der Waals surface area contributed by atoms with Gasteiger partial charge in [0.05, 0.1) is 17.8 Å². The van der Waals surface area contributed by atoms with Crippen molar-refractivity contribution < 1.29 is 18.6 Å². The van der Waals surface area contributed by atoms with Crippen LogP contribution >= 0.6 is 31.9 Å². The second-order valence-electron chi connectivity index (χ2n) is 8.25. The number of halogens is 4. The molecule has 2 aromatic rings. The lowest BCUT2D eigenvalue weighted by molar-refractivity contribution is -0.0166. The number of aliphatic hydroxyl groups excluding tert-OH is 1. The molecular formula is C25H32Br2F2O2. The summed E-state index contributed by atoms with van der Waals surface area (Å²) in [6.07, 6.45) is 2.94. The molecule has 0 saturated carbocycles. The first-order chi connectivity index (χ1) is 14.0. The zero-order chi connectivity index (χ0) is 22.5. The molecule has 2 atom stereocenters. The van der Waals surface area contributed by atoms with Crippen molar-refractivity contribution in [3.8, 4) is 0 Å². The van der Waals surface area contributed by atoms with Crippen LogP contribution in [0.15, 0.2) is 57.5 Å². The van der Waals surface area contributed by atoms with E-state index in [4.69, 9.17) is 4.74 Å². The van der Waals surface area contributed by atoms with E-state index in [0.717, 1.165) is 40.4 Å². The summed E-state index contributed by atoms with van der Waals surface area (Å²) < 4.78 is 33.0. The molecule has 1 saturated heterocycles. The van der Waals surface area contributed by atoms with Gasteiger partial charge in [-0.2, -0.15) is 0 Å². The molecule has 0 radical (unpaired) electrons. The number of benzene rings is 2. The van der Waals surface area contributed by atoms with Crippen molar-refractivity contribution in [1.82, 2.24) is 0 Å². The van der Waals surface area contributed by atoms with Gasteiger partial charge in [-0.15, -0.1) is 6.58 Å². The van der Waals surface area contributed by atoms with Gasteiger partial charge in [0.15, 0.2) is 0 Å². The summed E-state index contributed by atoms with van der Waals surface area (Å²) in [7, 11) is 0. The SMILES string of the molecule is C.C=C(C)CCC(O)c1ccc(F)cc1Br.CC1(C)CCC(c2ccc(F)cc2Br)O1. The summed E-state index contributed by atoms with van der Waals surface area (Å²) in [5.74, 6) is -0.527. The average Bonchev–Trinajstić information content (AvgIpc) is 3.00. The molecule has 3 rings (SSSR count). The van der Waals surface area contributed by atoms with Crippen LogP contribution in [-0.4, -0.2) is 10.7 Å². The van der Waals surface area contributed by atoms with Gasteiger partial charge in [0, 0.05) is 8.95 Å². The second-order valence-corrected chi connectivity index (χ2v) is 9.96. The zero-order valence-electron chi connectivity index (χ0n) is 17.5. The molecule has 6 heteroatoms. The van der Waals surface area contributed by atoms with E-state index in [2.05, 4.69) is 52.3 Å². The van der Waals surface area contributed by atoms with E-state index in [9.17, 15) is 13.9 Å². The van der Waals surface area contributed by atoms with Crippen molar-refractivity contribution in [2.45, 2.75) is 71.7 Å². The van der Waals surface area contributed by atoms with Gasteiger partial charge in [0.2, 0.25) is 0 Å². The predicted molar refractivity (Wildman–Crippen MR) is 131 cm³/mol. The smallest absolute Gasteiger partial charge is 0.124 e. The number of rotatable bonds is 5. The Hall–Kier alpha value is -1.08. The van der Waals surface area contributed by atoms with Crippen LogP contribution in [0.4, 0.5) is 8.78 Å². The van der Waals surface area contributed by atoms with Crippen LogP contribution in [0.2, 0.25) is 0 Å². The topological polar surface area (TPSA) is 29.5 Å². The molecule has 172 valence electrons. The summed E-state index contributed by atoms with van der Waals surface area (Å²) >= 11 is 6.61. The molecule has 0 aromatic heterocycles. The van der Waals surface area contributed by atoms with Crippen molar-refractivity contribution in [1.29, 1.82) is 0 Å². The Bertz CT molecular complexity index is 884. The number of hydrogen-bond donors (Lipinski definition) is 1. The third kappa shape index (κ3) is 8.76. The molecule has 1 aliphatic heterocycles. The Labute approximate surface area is 202 Å². The molecule has 2 aromatic carbocycles. The molecule has 1 heterocycles. The largest absolute Gasteiger partial charge is 0.388 e. The van der Waals surface area contributed by atoms with Gasteiger partial charge in [0.1, 0.15) is 11.6 Å². The van der Waals surface area contributed by atoms with E-state index < -0.39 is 6.10 Å². The summed E-state index contributed by atoms with van der Waals surface area (Å²) in [6, 6.07) is 9.08. The van der Waals surface area contributed by atoms with Crippen LogP contribution in [0.1, 0.15) is 77.2 Å². The Morgan fingerprint density at radius 1 is 1.16 bits per heavy atom. The third-order valence-electron chi connectivity index (χ3n) is 4.95. The van der Waals surface area contributed by atoms with Crippen molar-refractivity contribution in [3.05, 3.63) is 80.3 Å². The van der Waals surface area contributed by atoms with E-state index in [0.29, 0.717) is 10.9 Å². The van der Waals surface area contributed by atoms with Crippen LogP contribution in [0.25, 0.3) is 0 Å². The van der Waals surface area contributed by atoms with Crippen LogP contribution in [0, 0.1) is 11.6 Å². The van der Waals surface area contributed by atoms with Crippen molar-refractivity contribution in [2.24, 2.45) is 0 Å². The first kappa shape index (κ1) is 28.0. The monoisotopic (exact) mass is 560 g/mol. The van der Waals surface area contributed by atoms with Crippen LogP contribution in [-0.2, 0) is 4.74 Å². The summed E-state index contributed by atoms with van der Waals surface area (Å²) in [4.78, 5) is 0. The standard InChI is InChI=1S/2C12H14BrFO.CH4/c1-12(2)6-5-11(15-12)9-4-3-8(14)7-10(9)13;1-8(2)3-6-12(15)10-5-4-9(14)7-11(10)13;/h3-4,7,11H,5-6H2,1-2H3;4-5,7,12,15H,1,3,6H2,2H3;1H4. The highest BCUT2D eigenvalue weighted by Gasteiger charge is 2.33. The second kappa shape index (κ2) is 12.2. The minimum Gasteiger partial charge on any atom is -0.388 e. The van der Waals surface area contributed by atoms with Crippen molar-refractivity contribution >= 4 is 31.9 Å². The lowest BCUT2D eigenvalue weighted by atomic mass is 10.0. The fraction of sp³-hybridized carbons (Fsp3) is 0.440. The van der Waals surface area contributed by atoms with Gasteiger partial charge in [0.25, 0.3) is 0 Å². The van der Waals surface area contributed by atoms with Crippen LogP contribution < -0.4 is 0 Å². The molecule has 2 unspecified atom stereocenters. The number of allylic oxidation sites excluding steroid dienone is 1. The van der Waals surface area contributed by atoms with Gasteiger partial charge in [-0.05, 0) is 81.8 Å². The van der Waals surface area contributed by atoms with Gasteiger partial charge >= 0.3 is 0 Å². The average molecular weight is 562 g/mol. The Morgan fingerprint density at radius 2 is 1.74 bits per heavy atom. The predicted octanol–water partition coefficient (Wildman–Crippen LogP) is 8.83. The molecular weight excluding hydrogens is 530 g/mol. The quantitative estimate of drug-likeness (QED) is 0.369. The first-order valence-electron chi connectivity index (χ1n) is 9.88. The van der Waals surface area contributed by atoms with Gasteiger partial charge in [-0.3, -0.25) is 0 Å². The van der Waals surface area contributed by atoms with Crippen molar-refractivity contribution in [2.75, 3.05) is 0 Å². The fourth-order valence-electron chi connectivity index (χ4n) is 3.27. The summed E-state index contributed by atoms with van der Waals surface area (Å²) in [5.41, 5.74) is 2.74. The summed E-state index contributed by atoms with van der Waals surface area (Å²) in [6.45, 7) is 9.87. The molecule has 1 aliphatic rings. The van der Waals surface area contributed by atoms with Crippen molar-refractivity contribution in [3.63, 3.8) is 0 Å². The highest BCUT2D eigenvalue weighted by molar-refractivity contribution is 9.10. The molecule has 2 nitrogen and oxygen atoms in total. The van der Waals surface area contributed by atoms with E-state index in [1.165, 1.54) is 24.3 Å². The maximum atomic E-state index is 12.9. The highest BCUT2D eigenvalue weighted by Crippen LogP contribution is 2.41. The normalized spacial score (nSPS) is 17.9. The molecule has 31 heavy (non-hydrogen) atoms. The maximum Gasteiger partial charge on any atom is 0.124 e. The molecule has 1 fully saturated rings. The summed E-state index contributed by atoms with van der Waals surface area (Å²) in [5, 5.41) is 9.85. The molecule has 0 spiro atoms. The van der Waals surface area contributed by atoms with Crippen LogP contribution in [0.5, 0.6) is 0 Å². The lowest BCUT2D eigenvalue weighted by Crippen LogP contribution is -2.17. The van der Waals surface area contributed by atoms with E-state index >= 15 is 0 Å². The molecule has 1 N–H and O–H groups in total. The highest BCUT2D eigenvalue weighted by atomic mass is 79.9. The first-order valence-corrected chi connectivity index (χ1v) is 11.5.